The van der Waals surface area contributed by atoms with Gasteiger partial charge in [-0.15, -0.1) is 0 Å². The Bertz CT molecular complexity index is 2260. The Kier molecular flexibility index (Phi) is 6.93. The van der Waals surface area contributed by atoms with Gasteiger partial charge in [0.15, 0.2) is 0 Å². The predicted octanol–water partition coefficient (Wildman–Crippen LogP) is 11.9. The number of hydrogen-bond donors (Lipinski definition) is 0. The van der Waals surface area contributed by atoms with E-state index in [1.165, 1.54) is 133 Å². The minimum absolute atomic E-state index is 0.948. The zero-order valence-electron chi connectivity index (χ0n) is 30.3. The highest BCUT2D eigenvalue weighted by Crippen LogP contribution is 2.50. The van der Waals surface area contributed by atoms with Gasteiger partial charge in [0.1, 0.15) is 0 Å². The van der Waals surface area contributed by atoms with E-state index in [0.717, 1.165) is 13.1 Å². The van der Waals surface area contributed by atoms with Gasteiger partial charge in [-0.25, -0.2) is 0 Å². The van der Waals surface area contributed by atoms with Crippen molar-refractivity contribution in [3.05, 3.63) is 77.9 Å². The summed E-state index contributed by atoms with van der Waals surface area (Å²) in [4.78, 5) is 0. The maximum Gasteiger partial charge on any atom is 0.0576 e. The van der Waals surface area contributed by atoms with Crippen LogP contribution in [0.1, 0.15) is 91.7 Å². The van der Waals surface area contributed by atoms with Gasteiger partial charge in [0.2, 0.25) is 0 Å². The summed E-state index contributed by atoms with van der Waals surface area (Å²) in [5, 5.41) is 5.82. The molecule has 0 saturated heterocycles. The molecule has 0 amide bonds. The van der Waals surface area contributed by atoms with Crippen molar-refractivity contribution in [2.75, 3.05) is 0 Å². The summed E-state index contributed by atoms with van der Waals surface area (Å²) < 4.78 is 5.29. The van der Waals surface area contributed by atoms with Gasteiger partial charge in [-0.3, -0.25) is 0 Å². The van der Waals surface area contributed by atoms with Crippen molar-refractivity contribution >= 4 is 43.6 Å². The maximum atomic E-state index is 2.66. The third kappa shape index (κ3) is 3.49. The number of benzene rings is 4. The number of aromatic nitrogens is 2. The summed E-state index contributed by atoms with van der Waals surface area (Å²) in [7, 11) is 0. The molecule has 0 bridgehead atoms. The summed E-state index contributed by atoms with van der Waals surface area (Å²) in [6.07, 6.45) is 0. The number of nitrogens with zero attached hydrogens (tertiary/aromatic N) is 2. The van der Waals surface area contributed by atoms with Crippen LogP contribution in [0, 0.1) is 96.9 Å². The highest BCUT2D eigenvalue weighted by molar-refractivity contribution is 6.20. The van der Waals surface area contributed by atoms with E-state index in [-0.39, 0.29) is 0 Å². The molecular formula is C42H52N2. The fourth-order valence-electron chi connectivity index (χ4n) is 8.90. The Morgan fingerprint density at radius 2 is 0.545 bits per heavy atom. The highest BCUT2D eigenvalue weighted by Gasteiger charge is 2.29. The molecular weight excluding hydrogens is 532 g/mol. The van der Waals surface area contributed by atoms with Crippen molar-refractivity contribution in [1.82, 2.24) is 9.13 Å². The Morgan fingerprint density at radius 1 is 0.273 bits per heavy atom. The average molecular weight is 585 g/mol. The maximum absolute atomic E-state index is 2.66. The Balaban J connectivity index is 1.96. The third-order valence-corrected chi connectivity index (χ3v) is 12.4. The number of fused-ring (bicyclic) bond motifs is 6. The lowest BCUT2D eigenvalue weighted by atomic mass is 9.83. The van der Waals surface area contributed by atoms with Gasteiger partial charge < -0.3 is 9.13 Å². The van der Waals surface area contributed by atoms with E-state index in [1.54, 1.807) is 0 Å². The summed E-state index contributed by atoms with van der Waals surface area (Å²) in [5.74, 6) is 0. The summed E-state index contributed by atoms with van der Waals surface area (Å²) >= 11 is 0. The first-order chi connectivity index (χ1) is 20.6. The second-order valence-electron chi connectivity index (χ2n) is 13.9. The van der Waals surface area contributed by atoms with Crippen LogP contribution in [0.4, 0.5) is 0 Å². The largest absolute Gasteiger partial charge is 0.340 e. The summed E-state index contributed by atoms with van der Waals surface area (Å²) in [6, 6.07) is 0. The molecule has 0 aliphatic rings. The van der Waals surface area contributed by atoms with Crippen LogP contribution in [0.5, 0.6) is 0 Å². The van der Waals surface area contributed by atoms with Gasteiger partial charge >= 0.3 is 0 Å². The molecule has 0 atom stereocenters. The normalized spacial score (nSPS) is 12.3. The molecule has 230 valence electrons. The van der Waals surface area contributed by atoms with Crippen LogP contribution in [0.15, 0.2) is 0 Å². The third-order valence-electron chi connectivity index (χ3n) is 12.4. The lowest BCUT2D eigenvalue weighted by molar-refractivity contribution is 0.820. The summed E-state index contributed by atoms with van der Waals surface area (Å²) in [6.45, 7) is 39.4. The quantitative estimate of drug-likeness (QED) is 0.196. The molecule has 0 fully saturated rings. The molecule has 2 heterocycles. The SMILES string of the molecule is CCn1c2c(C)c(C)c(C)c(C)c2c2c(C)c(C)c(-c3c(C)c(C)c(C)c4c5c(C)c(C)c(C)c(C)c5n(CC)c34)c(C)c21. The number of rotatable bonds is 3. The minimum atomic E-state index is 0.948. The van der Waals surface area contributed by atoms with Gasteiger partial charge in [0, 0.05) is 40.2 Å². The van der Waals surface area contributed by atoms with Crippen molar-refractivity contribution in [2.45, 2.75) is 124 Å². The van der Waals surface area contributed by atoms with Crippen molar-refractivity contribution < 1.29 is 0 Å². The number of aryl methyl sites for hydroxylation is 9. The fourth-order valence-corrected chi connectivity index (χ4v) is 8.90. The van der Waals surface area contributed by atoms with Crippen molar-refractivity contribution in [3.8, 4) is 11.1 Å². The molecule has 0 spiro atoms. The monoisotopic (exact) mass is 584 g/mol. The topological polar surface area (TPSA) is 9.86 Å². The molecule has 2 heteroatoms. The molecule has 0 N–H and O–H groups in total. The van der Waals surface area contributed by atoms with Crippen LogP contribution in [0.2, 0.25) is 0 Å². The average Bonchev–Trinajstić information content (AvgIpc) is 3.54. The van der Waals surface area contributed by atoms with Crippen molar-refractivity contribution in [1.29, 1.82) is 0 Å². The van der Waals surface area contributed by atoms with Crippen LogP contribution in [-0.2, 0) is 13.1 Å². The predicted molar refractivity (Wildman–Crippen MR) is 196 cm³/mol. The Morgan fingerprint density at radius 3 is 0.955 bits per heavy atom. The van der Waals surface area contributed by atoms with Gasteiger partial charge in [0.25, 0.3) is 0 Å². The first kappa shape index (κ1) is 30.5. The zero-order chi connectivity index (χ0) is 32.4. The molecule has 0 saturated carbocycles. The van der Waals surface area contributed by atoms with Gasteiger partial charge in [-0.2, -0.15) is 0 Å². The lowest BCUT2D eigenvalue weighted by Gasteiger charge is -2.23. The molecule has 6 rings (SSSR count). The Labute approximate surface area is 265 Å². The minimum Gasteiger partial charge on any atom is -0.340 e. The van der Waals surface area contributed by atoms with Crippen molar-refractivity contribution in [2.24, 2.45) is 0 Å². The lowest BCUT2D eigenvalue weighted by Crippen LogP contribution is -2.05. The molecule has 0 aliphatic carbocycles. The second-order valence-corrected chi connectivity index (χ2v) is 13.9. The molecule has 0 radical (unpaired) electrons. The standard InChI is InChI=1S/C42H52N2/c1-17-43-39-30(14)21(5)19(3)24(8)35(39)37-29(13)28(12)33(32(16)41(37)43)34-26(10)23(7)27(11)38-36-25(9)20(4)22(6)31(15)40(36)44(18-2)42(34)38/h17-18H2,1-16H3. The van der Waals surface area contributed by atoms with Crippen LogP contribution in [0.3, 0.4) is 0 Å². The van der Waals surface area contributed by atoms with Crippen LogP contribution < -0.4 is 0 Å². The molecule has 44 heavy (non-hydrogen) atoms. The number of hydrogen-bond acceptors (Lipinski definition) is 0. The zero-order valence-corrected chi connectivity index (χ0v) is 30.3. The van der Waals surface area contributed by atoms with E-state index >= 15 is 0 Å². The first-order valence-electron chi connectivity index (χ1n) is 16.7. The van der Waals surface area contributed by atoms with E-state index in [2.05, 4.69) is 120 Å². The van der Waals surface area contributed by atoms with Gasteiger partial charge in [-0.1, -0.05) is 0 Å². The van der Waals surface area contributed by atoms with E-state index in [1.807, 2.05) is 0 Å². The van der Waals surface area contributed by atoms with Gasteiger partial charge in [-0.05, 0) is 194 Å². The Hall–Kier alpha value is -3.52. The van der Waals surface area contributed by atoms with E-state index < -0.39 is 0 Å². The first-order valence-corrected chi connectivity index (χ1v) is 16.7. The van der Waals surface area contributed by atoms with Crippen LogP contribution >= 0.6 is 0 Å². The fraction of sp³-hybridized carbons (Fsp3) is 0.429. The van der Waals surface area contributed by atoms with Crippen LogP contribution in [0.25, 0.3) is 54.7 Å². The molecule has 6 aromatic rings. The molecule has 4 aromatic carbocycles. The molecule has 2 aromatic heterocycles. The van der Waals surface area contributed by atoms with Gasteiger partial charge in [0.05, 0.1) is 22.1 Å². The van der Waals surface area contributed by atoms with E-state index in [9.17, 15) is 0 Å². The highest BCUT2D eigenvalue weighted by atomic mass is 15.0. The van der Waals surface area contributed by atoms with E-state index in [0.29, 0.717) is 0 Å². The second kappa shape index (κ2) is 9.99. The molecule has 0 aliphatic heterocycles. The van der Waals surface area contributed by atoms with Crippen LogP contribution in [-0.4, -0.2) is 9.13 Å². The van der Waals surface area contributed by atoms with Crippen molar-refractivity contribution in [3.63, 3.8) is 0 Å². The smallest absolute Gasteiger partial charge is 0.0576 e. The van der Waals surface area contributed by atoms with E-state index in [4.69, 9.17) is 0 Å². The molecule has 0 unspecified atom stereocenters. The molecule has 2 nitrogen and oxygen atoms in total. The summed E-state index contributed by atoms with van der Waals surface area (Å²) in [5.41, 5.74) is 28.5.